The first kappa shape index (κ1) is 22.8. The van der Waals surface area contributed by atoms with E-state index < -0.39 is 19.1 Å². The third-order valence-electron chi connectivity index (χ3n) is 6.34. The van der Waals surface area contributed by atoms with Gasteiger partial charge in [0, 0.05) is 17.6 Å². The monoisotopic (exact) mass is 476 g/mol. The Kier molecular flexibility index (Phi) is 6.29. The second-order valence-corrected chi connectivity index (χ2v) is 10.0. The zero-order valence-electron chi connectivity index (χ0n) is 19.1. The maximum Gasteiger partial charge on any atom is 0.282 e. The molecule has 0 saturated heterocycles. The van der Waals surface area contributed by atoms with Crippen molar-refractivity contribution in [3.63, 3.8) is 0 Å². The van der Waals surface area contributed by atoms with Crippen LogP contribution in [-0.2, 0) is 10.8 Å². The molecule has 0 saturated carbocycles. The Morgan fingerprint density at radius 1 is 1.12 bits per heavy atom. The fraction of sp³-hybridized carbons (Fsp3) is 0.308. The number of nitrogens with one attached hydrogen (secondary N) is 1. The van der Waals surface area contributed by atoms with Crippen LogP contribution in [0.1, 0.15) is 35.3 Å². The summed E-state index contributed by atoms with van der Waals surface area (Å²) in [5.41, 5.74) is 4.91. The number of hydrogen-bond donors (Lipinski definition) is 1. The minimum absolute atomic E-state index is 0.108. The topological polar surface area (TPSA) is 54.0 Å². The normalized spacial score (nSPS) is 18.8. The van der Waals surface area contributed by atoms with Gasteiger partial charge in [-0.1, -0.05) is 42.5 Å². The van der Waals surface area contributed by atoms with Gasteiger partial charge in [0.1, 0.15) is 0 Å². The number of aromatic nitrogens is 3. The van der Waals surface area contributed by atoms with E-state index in [0.29, 0.717) is 6.42 Å². The Morgan fingerprint density at radius 2 is 1.94 bits per heavy atom. The molecule has 2 aromatic heterocycles. The van der Waals surface area contributed by atoms with Crippen LogP contribution in [0.3, 0.4) is 0 Å². The average Bonchev–Trinajstić information content (AvgIpc) is 3.30. The molecule has 5 nitrogen and oxygen atoms in total. The lowest BCUT2D eigenvalue weighted by molar-refractivity contribution is -0.0793. The lowest BCUT2D eigenvalue weighted by Gasteiger charge is -2.43. The van der Waals surface area contributed by atoms with E-state index in [9.17, 15) is 0 Å². The summed E-state index contributed by atoms with van der Waals surface area (Å²) in [5, 5.41) is 9.16. The summed E-state index contributed by atoms with van der Waals surface area (Å²) in [6, 6.07) is 16.9. The summed E-state index contributed by atoms with van der Waals surface area (Å²) in [5.74, 6) is -3.00. The van der Waals surface area contributed by atoms with Crippen molar-refractivity contribution >= 4 is 25.9 Å². The number of rotatable bonds is 7. The van der Waals surface area contributed by atoms with Crippen molar-refractivity contribution in [1.29, 1.82) is 0 Å². The van der Waals surface area contributed by atoms with Crippen molar-refractivity contribution in [2.24, 2.45) is 0 Å². The molecule has 1 aliphatic heterocycles. The summed E-state index contributed by atoms with van der Waals surface area (Å²) in [7, 11) is -0.109. The van der Waals surface area contributed by atoms with Gasteiger partial charge >= 0.3 is 0 Å². The van der Waals surface area contributed by atoms with Crippen LogP contribution in [0, 0.1) is 6.92 Å². The number of H-pyrrole nitrogens is 1. The van der Waals surface area contributed by atoms with Crippen LogP contribution in [0.4, 0.5) is 8.78 Å². The van der Waals surface area contributed by atoms with Crippen molar-refractivity contribution in [2.75, 3.05) is 13.2 Å². The maximum absolute atomic E-state index is 15.2. The van der Waals surface area contributed by atoms with E-state index in [-0.39, 0.29) is 21.8 Å². The van der Waals surface area contributed by atoms with Crippen LogP contribution in [0.15, 0.2) is 67.0 Å². The van der Waals surface area contributed by atoms with E-state index in [1.54, 1.807) is 6.20 Å². The molecule has 174 valence electrons. The predicted molar refractivity (Wildman–Crippen MR) is 130 cm³/mol. The summed E-state index contributed by atoms with van der Waals surface area (Å²) >= 11 is 0. The van der Waals surface area contributed by atoms with Crippen LogP contribution in [0.2, 0.25) is 0 Å². The molecule has 0 bridgehead atoms. The number of halogens is 2. The molecular formula is C26H26F2N4OSi. The molecule has 2 aromatic carbocycles. The zero-order valence-corrected chi connectivity index (χ0v) is 20.1. The number of nitrogens with zero attached hydrogens (tertiary/aromatic N) is 3. The summed E-state index contributed by atoms with van der Waals surface area (Å²) in [6.07, 6.45) is 4.28. The highest BCUT2D eigenvalue weighted by molar-refractivity contribution is 6.46. The largest absolute Gasteiger partial charge is 0.405 e. The molecule has 0 spiro atoms. The first-order chi connectivity index (χ1) is 16.4. The van der Waals surface area contributed by atoms with Crippen LogP contribution in [0.25, 0.3) is 10.9 Å². The molecule has 1 aliphatic rings. The van der Waals surface area contributed by atoms with Gasteiger partial charge < -0.3 is 4.43 Å². The number of aryl methyl sites for hydroxylation is 1. The van der Waals surface area contributed by atoms with E-state index in [1.807, 2.05) is 79.5 Å². The number of fused-ring (bicyclic) bond motifs is 3. The van der Waals surface area contributed by atoms with Crippen molar-refractivity contribution in [3.8, 4) is 0 Å². The third-order valence-corrected chi connectivity index (χ3v) is 7.20. The van der Waals surface area contributed by atoms with Gasteiger partial charge in [0.25, 0.3) is 15.7 Å². The number of aromatic amines is 1. The van der Waals surface area contributed by atoms with Crippen molar-refractivity contribution in [3.05, 3.63) is 89.4 Å². The molecule has 5 rings (SSSR count). The summed E-state index contributed by atoms with van der Waals surface area (Å²) in [6.45, 7) is 2.95. The number of alkyl halides is 2. The predicted octanol–water partition coefficient (Wildman–Crippen LogP) is 4.20. The van der Waals surface area contributed by atoms with Gasteiger partial charge in [0.15, 0.2) is 0 Å². The number of hydrogen-bond acceptors (Lipinski definition) is 4. The van der Waals surface area contributed by atoms with E-state index >= 15 is 8.78 Å². The van der Waals surface area contributed by atoms with Gasteiger partial charge in [-0.05, 0) is 54.3 Å². The average molecular weight is 477 g/mol. The number of benzene rings is 2. The molecule has 8 heteroatoms. The third kappa shape index (κ3) is 4.66. The van der Waals surface area contributed by atoms with Crippen LogP contribution in [0.5, 0.6) is 0 Å². The Bertz CT molecular complexity index is 1260. The highest BCUT2D eigenvalue weighted by Gasteiger charge is 2.41. The first-order valence-electron chi connectivity index (χ1n) is 11.4. The van der Waals surface area contributed by atoms with E-state index in [2.05, 4.69) is 15.2 Å². The van der Waals surface area contributed by atoms with Crippen LogP contribution >= 0.6 is 0 Å². The molecule has 0 aliphatic carbocycles. The lowest BCUT2D eigenvalue weighted by atomic mass is 9.84. The van der Waals surface area contributed by atoms with E-state index in [0.717, 1.165) is 38.5 Å². The van der Waals surface area contributed by atoms with Crippen LogP contribution < -0.4 is 5.19 Å². The zero-order chi connectivity index (χ0) is 23.7. The molecule has 3 heterocycles. The summed E-state index contributed by atoms with van der Waals surface area (Å²) in [4.78, 5) is 6.52. The second-order valence-electron chi connectivity index (χ2n) is 8.97. The molecule has 2 radical (unpaired) electrons. The SMILES string of the molecule is Cc1ccc([C@@H]2c3ccc4[nH]ncc4c3C[C@@H](C)N2CC(F)(F)CO[Si]c2ccccc2)nc1. The van der Waals surface area contributed by atoms with Gasteiger partial charge in [-0.15, -0.1) is 0 Å². The maximum atomic E-state index is 15.2. The summed E-state index contributed by atoms with van der Waals surface area (Å²) < 4.78 is 35.9. The molecule has 1 N–H and O–H groups in total. The van der Waals surface area contributed by atoms with Crippen molar-refractivity contribution < 1.29 is 13.2 Å². The second kappa shape index (κ2) is 9.36. The molecule has 2 atom stereocenters. The molecule has 4 aromatic rings. The lowest BCUT2D eigenvalue weighted by Crippen LogP contribution is -2.50. The van der Waals surface area contributed by atoms with Crippen molar-refractivity contribution in [1.82, 2.24) is 20.1 Å². The fourth-order valence-corrected chi connectivity index (χ4v) is 5.46. The van der Waals surface area contributed by atoms with Crippen LogP contribution in [-0.4, -0.2) is 55.0 Å². The highest BCUT2D eigenvalue weighted by atomic mass is 28.2. The van der Waals surface area contributed by atoms with Gasteiger partial charge in [-0.25, -0.2) is 8.78 Å². The number of pyridine rings is 1. The molecule has 0 amide bonds. The van der Waals surface area contributed by atoms with Gasteiger partial charge in [-0.3, -0.25) is 15.0 Å². The standard InChI is InChI=1S/C26H26F2N4OSi/c1-17-8-10-24(29-13-17)25-20-9-11-23-22(14-30-31-23)21(20)12-18(2)32(25)15-26(27,28)16-33-34-19-6-4-3-5-7-19/h3-11,13-14,18,25H,12,15-16H2,1-2H3,(H,30,31)/t18-,25+/m1/s1. The highest BCUT2D eigenvalue weighted by Crippen LogP contribution is 2.41. The first-order valence-corrected chi connectivity index (χ1v) is 12.3. The molecular weight excluding hydrogens is 450 g/mol. The Balaban J connectivity index is 1.44. The minimum Gasteiger partial charge on any atom is -0.405 e. The van der Waals surface area contributed by atoms with Gasteiger partial charge in [0.05, 0.1) is 36.6 Å². The van der Waals surface area contributed by atoms with Crippen molar-refractivity contribution in [2.45, 2.75) is 38.3 Å². The Labute approximate surface area is 200 Å². The quantitative estimate of drug-likeness (QED) is 0.406. The molecule has 0 unspecified atom stereocenters. The van der Waals surface area contributed by atoms with E-state index in [4.69, 9.17) is 4.43 Å². The molecule has 0 fully saturated rings. The Morgan fingerprint density at radius 3 is 2.71 bits per heavy atom. The minimum atomic E-state index is -3.00. The smallest absolute Gasteiger partial charge is 0.282 e. The molecule has 34 heavy (non-hydrogen) atoms. The van der Waals surface area contributed by atoms with Gasteiger partial charge in [0.2, 0.25) is 0 Å². The van der Waals surface area contributed by atoms with Gasteiger partial charge in [-0.2, -0.15) is 5.10 Å². The fourth-order valence-electron chi connectivity index (χ4n) is 4.68. The van der Waals surface area contributed by atoms with E-state index in [1.165, 1.54) is 0 Å². The Hall–Kier alpha value is -2.94.